The molecule has 0 radical (unpaired) electrons. The van der Waals surface area contributed by atoms with E-state index in [1.54, 1.807) is 72.8 Å². The summed E-state index contributed by atoms with van der Waals surface area (Å²) in [4.78, 5) is 65.5. The highest BCUT2D eigenvalue weighted by Crippen LogP contribution is 2.55. The molecule has 0 aliphatic heterocycles. The molecule has 478 valence electrons. The molecule has 0 heterocycles. The summed E-state index contributed by atoms with van der Waals surface area (Å²) >= 11 is 6.31. The number of rotatable bonds is 17. The van der Waals surface area contributed by atoms with Gasteiger partial charge in [0.25, 0.3) is 0 Å². The number of carbonyl (C=O) groups is 6. The topological polar surface area (TPSA) is 169 Å². The quantitative estimate of drug-likeness (QED) is 0.0302. The molecule has 0 aliphatic rings. The first-order chi connectivity index (χ1) is 41.7. The predicted molar refractivity (Wildman–Crippen MR) is 377 cm³/mol. The molecular weight excluding hydrogens is 1360 g/mol. The molecule has 6 aromatic carbocycles. The average molecular weight is 1450 g/mol. The lowest BCUT2D eigenvalue weighted by atomic mass is 10.3. The molecule has 17 heteroatoms. The second kappa shape index (κ2) is 47.7. The number of ether oxygens (including phenoxy) is 5. The molecule has 0 spiro atoms. The number of hydrogen-bond donors (Lipinski definition) is 1. The van der Waals surface area contributed by atoms with Crippen LogP contribution in [0, 0.1) is 0 Å². The molecule has 6 rings (SSSR count). The first-order valence-corrected chi connectivity index (χ1v) is 33.5. The van der Waals surface area contributed by atoms with Crippen molar-refractivity contribution in [2.75, 3.05) is 52.4 Å². The second-order valence-corrected chi connectivity index (χ2v) is 26.3. The zero-order chi connectivity index (χ0) is 65.2. The third-order valence-electron chi connectivity index (χ3n) is 12.9. The Hall–Kier alpha value is -7.25. The van der Waals surface area contributed by atoms with Gasteiger partial charge in [-0.1, -0.05) is 221 Å². The summed E-state index contributed by atoms with van der Waals surface area (Å²) in [6.45, 7) is 11.8. The summed E-state index contributed by atoms with van der Waals surface area (Å²) in [6, 6.07) is 63.4. The summed E-state index contributed by atoms with van der Waals surface area (Å²) in [5.41, 5.74) is 3.55. The molecule has 0 unspecified atom stereocenters. The van der Waals surface area contributed by atoms with Crippen LogP contribution >= 0.6 is 46.0 Å². The molecule has 0 saturated heterocycles. The number of benzene rings is 6. The smallest absolute Gasteiger partial charge is 0.334 e. The van der Waals surface area contributed by atoms with Crippen LogP contribution in [0.25, 0.3) is 0 Å². The Labute approximate surface area is 557 Å². The predicted octanol–water partition coefficient (Wildman–Crippen LogP) is 10.8. The van der Waals surface area contributed by atoms with Crippen molar-refractivity contribution in [1.29, 1.82) is 0 Å². The first kappa shape index (κ1) is 83.8. The summed E-state index contributed by atoms with van der Waals surface area (Å²) in [5, 5.41) is 17.0. The van der Waals surface area contributed by atoms with Crippen molar-refractivity contribution < 1.29 is 74.5 Å². The highest BCUT2D eigenvalue weighted by molar-refractivity contribution is 9.09. The third-order valence-corrected chi connectivity index (χ3v) is 22.0. The van der Waals surface area contributed by atoms with E-state index in [2.05, 4.69) is 197 Å². The van der Waals surface area contributed by atoms with E-state index in [0.717, 1.165) is 6.16 Å². The second-order valence-electron chi connectivity index (χ2n) is 18.3. The summed E-state index contributed by atoms with van der Waals surface area (Å²) in [6.07, 6.45) is 11.5. The van der Waals surface area contributed by atoms with E-state index >= 15 is 0 Å². The molecular formula is C72H87Br3O12P2. The average Bonchev–Trinajstić information content (AvgIpc) is 0.811. The Kier molecular flexibility index (Phi) is 44.9. The van der Waals surface area contributed by atoms with Crippen LogP contribution in [-0.4, -0.2) is 99.1 Å². The largest absolute Gasteiger partial charge is 1.00 e. The van der Waals surface area contributed by atoms with Crippen molar-refractivity contribution >= 4 is 119 Å². The van der Waals surface area contributed by atoms with Gasteiger partial charge in [-0.25, -0.2) is 28.8 Å². The van der Waals surface area contributed by atoms with Gasteiger partial charge < -0.3 is 45.8 Å². The van der Waals surface area contributed by atoms with Crippen LogP contribution in [0.15, 0.2) is 252 Å². The Bertz CT molecular complexity index is 3110. The van der Waals surface area contributed by atoms with Crippen molar-refractivity contribution in [3.63, 3.8) is 0 Å². The molecule has 0 aromatic heterocycles. The van der Waals surface area contributed by atoms with Gasteiger partial charge in [0, 0.05) is 44.1 Å². The highest BCUT2D eigenvalue weighted by atomic mass is 79.9. The summed E-state index contributed by atoms with van der Waals surface area (Å²) in [7, 11) is 5.00. The van der Waals surface area contributed by atoms with Gasteiger partial charge in [0.15, 0.2) is 0 Å². The zero-order valence-corrected chi connectivity index (χ0v) is 59.0. The zero-order valence-electron chi connectivity index (χ0n) is 52.4. The molecule has 89 heavy (non-hydrogen) atoms. The van der Waals surface area contributed by atoms with Gasteiger partial charge in [0.2, 0.25) is 0 Å². The summed E-state index contributed by atoms with van der Waals surface area (Å²) < 4.78 is 23.1. The molecule has 6 aromatic rings. The van der Waals surface area contributed by atoms with Gasteiger partial charge >= 0.3 is 35.8 Å². The minimum absolute atomic E-state index is 0. The highest BCUT2D eigenvalue weighted by Gasteiger charge is 2.44. The van der Waals surface area contributed by atoms with Gasteiger partial charge in [-0.15, -0.1) is 0 Å². The van der Waals surface area contributed by atoms with E-state index in [4.69, 9.17) is 14.6 Å². The number of aliphatic carboxylic acids is 1. The van der Waals surface area contributed by atoms with Gasteiger partial charge in [-0.05, 0) is 121 Å². The number of allylic oxidation sites excluding steroid dienone is 6. The Balaban J connectivity index is 0. The van der Waals surface area contributed by atoms with Gasteiger partial charge in [-0.3, -0.25) is 0 Å². The third kappa shape index (κ3) is 28.0. The Morgan fingerprint density at radius 2 is 0.719 bits per heavy atom. The normalized spacial score (nSPS) is 11.3. The lowest BCUT2D eigenvalue weighted by Gasteiger charge is -2.28. The van der Waals surface area contributed by atoms with Gasteiger partial charge in [-0.2, -0.15) is 0 Å². The van der Waals surface area contributed by atoms with Gasteiger partial charge in [0.1, 0.15) is 23.2 Å². The van der Waals surface area contributed by atoms with Crippen molar-refractivity contribution in [2.24, 2.45) is 0 Å². The monoisotopic (exact) mass is 1440 g/mol. The van der Waals surface area contributed by atoms with Crippen molar-refractivity contribution in [2.45, 2.75) is 62.8 Å². The van der Waals surface area contributed by atoms with Crippen LogP contribution in [0.2, 0.25) is 0 Å². The van der Waals surface area contributed by atoms with E-state index in [1.165, 1.54) is 67.4 Å². The molecule has 0 fully saturated rings. The van der Waals surface area contributed by atoms with Crippen molar-refractivity contribution in [3.05, 3.63) is 252 Å². The molecule has 12 nitrogen and oxygen atoms in total. The van der Waals surface area contributed by atoms with E-state index in [1.807, 2.05) is 55.5 Å². The van der Waals surface area contributed by atoms with E-state index in [9.17, 15) is 28.8 Å². The number of methoxy groups -OCH3 is 5. The standard InChI is InChI=1S/C24H24O2P.C24H23O2P.2C6H9BrO2.C6H10O2.C5H8O2.CH4.BrH/c2*1-20(24(25)26-2)18-19-27(21-12-6-3-7-13-21,22-14-8-4-9-15-22)23-16-10-5-11-17-23;1-5(3-4-7)6(8)9-2;1-3-5(4-7)6(8)9-2;1-4-5(2)6(7)8-3;1-3-4(2)5(6)7;;/h3-18H,19H2,1-2H3;3-19H,1-2H3;2*3H,4H2,1-2H3;4H,1-3H3;3H,1-2H3,(H,6,7);1H4;1H/q+1;;;;;;;/p-1/b2*20-18+;2*5-3+;5-4+;4-3+;;. The van der Waals surface area contributed by atoms with Crippen LogP contribution in [0.5, 0.6) is 0 Å². The molecule has 1 N–H and O–H groups in total. The fourth-order valence-electron chi connectivity index (χ4n) is 7.62. The maximum Gasteiger partial charge on any atom is 0.334 e. The van der Waals surface area contributed by atoms with Crippen molar-refractivity contribution in [1.82, 2.24) is 0 Å². The minimum atomic E-state index is -2.07. The number of carbonyl (C=O) groups excluding carboxylic acids is 5. The van der Waals surface area contributed by atoms with E-state index in [0.29, 0.717) is 44.1 Å². The van der Waals surface area contributed by atoms with E-state index < -0.39 is 20.1 Å². The van der Waals surface area contributed by atoms with Crippen LogP contribution in [0.1, 0.15) is 62.8 Å². The molecule has 0 amide bonds. The Morgan fingerprint density at radius 1 is 0.427 bits per heavy atom. The lowest BCUT2D eigenvalue weighted by molar-refractivity contribution is -0.136. The summed E-state index contributed by atoms with van der Waals surface area (Å²) in [5.74, 6) is -0.0150. The number of halogens is 3. The number of alkyl halides is 2. The molecule has 0 atom stereocenters. The molecule has 0 aliphatic carbocycles. The van der Waals surface area contributed by atoms with Crippen LogP contribution < -0.4 is 48.8 Å². The number of carboxylic acids is 1. The van der Waals surface area contributed by atoms with Crippen LogP contribution in [0.3, 0.4) is 0 Å². The molecule has 0 bridgehead atoms. The van der Waals surface area contributed by atoms with Gasteiger partial charge in [0.05, 0.1) is 41.7 Å². The van der Waals surface area contributed by atoms with Crippen molar-refractivity contribution in [3.8, 4) is 0 Å². The maximum atomic E-state index is 12.0. The number of hydrogen-bond acceptors (Lipinski definition) is 11. The Morgan fingerprint density at radius 3 is 0.955 bits per heavy atom. The van der Waals surface area contributed by atoms with E-state index in [-0.39, 0.29) is 54.3 Å². The fraction of sp³-hybridized carbons (Fsp3) is 0.236. The van der Waals surface area contributed by atoms with Crippen LogP contribution in [-0.2, 0) is 52.5 Å². The maximum absolute atomic E-state index is 12.0. The first-order valence-electron chi connectivity index (χ1n) is 27.4. The lowest BCUT2D eigenvalue weighted by Crippen LogP contribution is -3.00. The SMILES string of the molecule is C.C/C=C(\C)C(=O)O.C/C=C(\C)C(=O)OC.C/C=C(\CBr)C(=O)OC.COC(=O)/C(C)=C/C=P(c1ccccc1)(c1ccccc1)c1ccccc1.COC(=O)/C(C)=C/CBr.COC(=O)/C(C)=C/C[P+](c1ccccc1)(c1ccccc1)c1ccccc1.[Br-]. The van der Waals surface area contributed by atoms with Crippen LogP contribution in [0.4, 0.5) is 0 Å². The number of carboxylic acid groups (broad SMARTS) is 1. The fourth-order valence-corrected chi connectivity index (χ4v) is 16.6. The minimum Gasteiger partial charge on any atom is -1.00 e. The molecule has 0 saturated carbocycles. The number of esters is 5.